The zero-order valence-corrected chi connectivity index (χ0v) is 16.1. The highest BCUT2D eigenvalue weighted by Crippen LogP contribution is 2.21. The van der Waals surface area contributed by atoms with Crippen molar-refractivity contribution in [3.05, 3.63) is 58.1 Å². The zero-order valence-electron chi connectivity index (χ0n) is 14.5. The van der Waals surface area contributed by atoms with Gasteiger partial charge in [0.25, 0.3) is 0 Å². The first-order chi connectivity index (χ1) is 12.5. The van der Waals surface area contributed by atoms with Gasteiger partial charge in [-0.1, -0.05) is 15.9 Å². The Kier molecular flexibility index (Phi) is 7.62. The second-order valence-corrected chi connectivity index (χ2v) is 6.18. The van der Waals surface area contributed by atoms with Crippen molar-refractivity contribution >= 4 is 27.9 Å². The summed E-state index contributed by atoms with van der Waals surface area (Å²) < 4.78 is 21.4. The van der Waals surface area contributed by atoms with Gasteiger partial charge in [-0.05, 0) is 55.0 Å². The molecule has 0 aliphatic rings. The smallest absolute Gasteiger partial charge is 0.349 e. The van der Waals surface area contributed by atoms with Gasteiger partial charge in [0.1, 0.15) is 18.1 Å². The molecule has 0 saturated carbocycles. The highest BCUT2D eigenvalue weighted by Gasteiger charge is 2.10. The van der Waals surface area contributed by atoms with Gasteiger partial charge in [0.05, 0.1) is 12.2 Å². The quantitative estimate of drug-likeness (QED) is 0.368. The van der Waals surface area contributed by atoms with Crippen LogP contribution in [0.2, 0.25) is 0 Å². The van der Waals surface area contributed by atoms with Crippen LogP contribution in [0.15, 0.2) is 46.9 Å². The molecular weight excluding hydrogens is 404 g/mol. The molecule has 0 aliphatic heterocycles. The topological polar surface area (TPSA) is 71.1 Å². The number of benzene rings is 2. The third-order valence-corrected chi connectivity index (χ3v) is 4.22. The average Bonchev–Trinajstić information content (AvgIpc) is 2.63. The summed E-state index contributed by atoms with van der Waals surface area (Å²) >= 11 is 3.40. The van der Waals surface area contributed by atoms with Crippen molar-refractivity contribution in [3.63, 3.8) is 0 Å². The fraction of sp³-hybridized carbons (Fsp3) is 0.263. The van der Waals surface area contributed by atoms with E-state index in [-0.39, 0.29) is 13.2 Å². The summed E-state index contributed by atoms with van der Waals surface area (Å²) in [4.78, 5) is 23.6. The minimum atomic E-state index is -0.541. The van der Waals surface area contributed by atoms with Crippen molar-refractivity contribution in [2.45, 2.75) is 6.92 Å². The number of rotatable bonds is 8. The number of esters is 2. The van der Waals surface area contributed by atoms with E-state index in [9.17, 15) is 9.59 Å². The van der Waals surface area contributed by atoms with E-state index in [1.807, 2.05) is 19.1 Å². The third-order valence-electron chi connectivity index (χ3n) is 3.33. The van der Waals surface area contributed by atoms with Gasteiger partial charge in [-0.2, -0.15) is 0 Å². The van der Waals surface area contributed by atoms with E-state index in [0.717, 1.165) is 10.0 Å². The number of aryl methyl sites for hydroxylation is 1. The van der Waals surface area contributed by atoms with Crippen LogP contribution in [0.25, 0.3) is 0 Å². The van der Waals surface area contributed by atoms with E-state index >= 15 is 0 Å². The van der Waals surface area contributed by atoms with Gasteiger partial charge >= 0.3 is 11.9 Å². The molecule has 0 saturated heterocycles. The second-order valence-electron chi connectivity index (χ2n) is 5.33. The van der Waals surface area contributed by atoms with Crippen LogP contribution in [0, 0.1) is 6.92 Å². The lowest BCUT2D eigenvalue weighted by Crippen LogP contribution is -2.17. The first kappa shape index (κ1) is 19.9. The van der Waals surface area contributed by atoms with E-state index in [1.165, 1.54) is 31.4 Å². The Bertz CT molecular complexity index is 757. The number of hydrogen-bond donors (Lipinski definition) is 0. The van der Waals surface area contributed by atoms with E-state index in [0.29, 0.717) is 23.7 Å². The molecule has 2 aromatic rings. The molecule has 0 amide bonds. The number of methoxy groups -OCH3 is 1. The predicted molar refractivity (Wildman–Crippen MR) is 98.6 cm³/mol. The van der Waals surface area contributed by atoms with Crippen LogP contribution in [-0.2, 0) is 14.3 Å². The van der Waals surface area contributed by atoms with E-state index < -0.39 is 11.9 Å². The van der Waals surface area contributed by atoms with Crippen molar-refractivity contribution in [1.82, 2.24) is 0 Å². The van der Waals surface area contributed by atoms with Crippen LogP contribution in [0.1, 0.15) is 15.9 Å². The number of hydrogen-bond acceptors (Lipinski definition) is 6. The van der Waals surface area contributed by atoms with Crippen molar-refractivity contribution in [2.75, 3.05) is 26.9 Å². The summed E-state index contributed by atoms with van der Waals surface area (Å²) in [5.74, 6) is -0.106. The Labute approximate surface area is 160 Å². The van der Waals surface area contributed by atoms with Gasteiger partial charge in [0.15, 0.2) is 6.61 Å². The number of carbonyl (C=O) groups is 2. The molecule has 0 atom stereocenters. The number of carbonyl (C=O) groups excluding carboxylic acids is 2. The maximum atomic E-state index is 11.9. The Balaban J connectivity index is 1.83. The fourth-order valence-corrected chi connectivity index (χ4v) is 2.22. The molecule has 0 heterocycles. The molecule has 6 nitrogen and oxygen atoms in total. The van der Waals surface area contributed by atoms with Crippen molar-refractivity contribution in [1.29, 1.82) is 0 Å². The molecule has 2 rings (SSSR count). The van der Waals surface area contributed by atoms with Crippen LogP contribution in [0.4, 0.5) is 0 Å². The highest BCUT2D eigenvalue weighted by atomic mass is 79.9. The Hall–Kier alpha value is -2.38. The summed E-state index contributed by atoms with van der Waals surface area (Å²) in [6.07, 6.45) is 0. The largest absolute Gasteiger partial charge is 0.482 e. The van der Waals surface area contributed by atoms with Crippen LogP contribution in [0.5, 0.6) is 11.5 Å². The van der Waals surface area contributed by atoms with Gasteiger partial charge in [-0.25, -0.2) is 9.59 Å². The molecule has 0 aliphatic carbocycles. The first-order valence-electron chi connectivity index (χ1n) is 7.85. The highest BCUT2D eigenvalue weighted by molar-refractivity contribution is 9.10. The summed E-state index contributed by atoms with van der Waals surface area (Å²) in [5.41, 5.74) is 1.37. The lowest BCUT2D eigenvalue weighted by Gasteiger charge is -2.08. The van der Waals surface area contributed by atoms with Crippen molar-refractivity contribution in [2.24, 2.45) is 0 Å². The predicted octanol–water partition coefficient (Wildman–Crippen LogP) is 3.55. The van der Waals surface area contributed by atoms with E-state index in [2.05, 4.69) is 15.9 Å². The summed E-state index contributed by atoms with van der Waals surface area (Å²) in [6, 6.07) is 11.5. The molecule has 0 N–H and O–H groups in total. The van der Waals surface area contributed by atoms with Crippen LogP contribution >= 0.6 is 15.9 Å². The van der Waals surface area contributed by atoms with E-state index in [1.54, 1.807) is 6.07 Å². The fourth-order valence-electron chi connectivity index (χ4n) is 1.97. The molecule has 0 spiro atoms. The summed E-state index contributed by atoms with van der Waals surface area (Å²) in [5, 5.41) is 0. The Morgan fingerprint density at radius 1 is 1.00 bits per heavy atom. The molecule has 0 aromatic heterocycles. The van der Waals surface area contributed by atoms with Crippen molar-refractivity contribution in [3.8, 4) is 11.5 Å². The maximum Gasteiger partial charge on any atom is 0.349 e. The minimum Gasteiger partial charge on any atom is -0.482 e. The first-order valence-corrected chi connectivity index (χ1v) is 8.64. The Morgan fingerprint density at radius 3 is 2.35 bits per heavy atom. The second kappa shape index (κ2) is 9.94. The molecule has 7 heteroatoms. The standard InChI is InChI=1S/C19H19BrO6/c1-13-11-16(7-8-17(13)20)25-12-18(21)26-15-5-3-14(4-6-15)19(22)24-10-9-23-2/h3-8,11H,9-10,12H2,1-2H3. The Morgan fingerprint density at radius 2 is 1.69 bits per heavy atom. The minimum absolute atomic E-state index is 0.180. The van der Waals surface area contributed by atoms with Crippen LogP contribution in [-0.4, -0.2) is 38.9 Å². The molecule has 26 heavy (non-hydrogen) atoms. The van der Waals surface area contributed by atoms with Gasteiger partial charge in [-0.15, -0.1) is 0 Å². The van der Waals surface area contributed by atoms with Gasteiger partial charge in [0, 0.05) is 11.6 Å². The van der Waals surface area contributed by atoms with Crippen molar-refractivity contribution < 1.29 is 28.5 Å². The molecule has 138 valence electrons. The summed E-state index contributed by atoms with van der Waals surface area (Å²) in [7, 11) is 1.53. The lowest BCUT2D eigenvalue weighted by molar-refractivity contribution is -0.136. The van der Waals surface area contributed by atoms with Crippen LogP contribution < -0.4 is 9.47 Å². The molecule has 0 bridgehead atoms. The molecule has 0 radical (unpaired) electrons. The number of halogens is 1. The SMILES string of the molecule is COCCOC(=O)c1ccc(OC(=O)COc2ccc(Br)c(C)c2)cc1. The third kappa shape index (κ3) is 6.16. The van der Waals surface area contributed by atoms with Gasteiger partial charge < -0.3 is 18.9 Å². The lowest BCUT2D eigenvalue weighted by atomic mass is 10.2. The molecule has 2 aromatic carbocycles. The molecule has 0 fully saturated rings. The van der Waals surface area contributed by atoms with Crippen LogP contribution in [0.3, 0.4) is 0 Å². The average molecular weight is 423 g/mol. The molecule has 0 unspecified atom stereocenters. The number of ether oxygens (including phenoxy) is 4. The normalized spacial score (nSPS) is 10.3. The summed E-state index contributed by atoms with van der Waals surface area (Å²) in [6.45, 7) is 2.22. The maximum absolute atomic E-state index is 11.9. The van der Waals surface area contributed by atoms with Gasteiger partial charge in [-0.3, -0.25) is 0 Å². The monoisotopic (exact) mass is 422 g/mol. The molecular formula is C19H19BrO6. The zero-order chi connectivity index (χ0) is 18.9. The van der Waals surface area contributed by atoms with Gasteiger partial charge in [0.2, 0.25) is 0 Å². The van der Waals surface area contributed by atoms with E-state index in [4.69, 9.17) is 18.9 Å².